The van der Waals surface area contributed by atoms with E-state index >= 15 is 0 Å². The second-order valence-corrected chi connectivity index (χ2v) is 2.28. The number of aliphatic hydroxyl groups is 1. The number of aliphatic hydroxyl groups excluding tert-OH is 1. The summed E-state index contributed by atoms with van der Waals surface area (Å²) in [4.78, 5) is 0. The average Bonchev–Trinajstić information content (AvgIpc) is 2.32. The summed E-state index contributed by atoms with van der Waals surface area (Å²) in [6.07, 6.45) is -3.09. The molecule has 0 aliphatic rings. The van der Waals surface area contributed by atoms with Gasteiger partial charge in [0.1, 0.15) is 6.54 Å². The van der Waals surface area contributed by atoms with Crippen LogP contribution in [0, 0.1) is 0 Å². The summed E-state index contributed by atoms with van der Waals surface area (Å²) in [6.45, 7) is -1.46. The molecule has 6 heteroatoms. The Kier molecular flexibility index (Phi) is 2.37. The molecule has 0 fully saturated rings. The maximum atomic E-state index is 11.7. The minimum absolute atomic E-state index is 0.235. The number of hydrogen-bond acceptors (Lipinski definition) is 2. The molecular formula is C6H7F3N2O. The van der Waals surface area contributed by atoms with Crippen LogP contribution in [0.15, 0.2) is 12.3 Å². The standard InChI is InChI=1S/C6H7F3N2O/c7-6(8,9)4-11-2-1-5(3-12)10-11/h1-2,12H,3-4H2. The van der Waals surface area contributed by atoms with Crippen LogP contribution in [-0.4, -0.2) is 21.1 Å². The normalized spacial score (nSPS) is 12.0. The van der Waals surface area contributed by atoms with E-state index in [1.54, 1.807) is 0 Å². The van der Waals surface area contributed by atoms with Crippen LogP contribution in [-0.2, 0) is 13.2 Å². The van der Waals surface area contributed by atoms with E-state index in [4.69, 9.17) is 5.11 Å². The molecule has 1 aromatic rings. The second-order valence-electron chi connectivity index (χ2n) is 2.28. The molecule has 0 amide bonds. The maximum Gasteiger partial charge on any atom is 0.408 e. The van der Waals surface area contributed by atoms with Crippen molar-refractivity contribution in [2.24, 2.45) is 0 Å². The molecule has 0 saturated heterocycles. The fraction of sp³-hybridized carbons (Fsp3) is 0.500. The number of hydrogen-bond donors (Lipinski definition) is 1. The van der Waals surface area contributed by atoms with Gasteiger partial charge in [-0.1, -0.05) is 0 Å². The van der Waals surface area contributed by atoms with Gasteiger partial charge in [-0.2, -0.15) is 18.3 Å². The van der Waals surface area contributed by atoms with Crippen molar-refractivity contribution in [3.8, 4) is 0 Å². The third-order valence-corrected chi connectivity index (χ3v) is 1.20. The van der Waals surface area contributed by atoms with Gasteiger partial charge >= 0.3 is 6.18 Å². The molecule has 0 spiro atoms. The van der Waals surface area contributed by atoms with Crippen molar-refractivity contribution in [1.29, 1.82) is 0 Å². The Labute approximate surface area is 66.4 Å². The van der Waals surface area contributed by atoms with Crippen LogP contribution in [0.5, 0.6) is 0 Å². The van der Waals surface area contributed by atoms with Gasteiger partial charge in [0.15, 0.2) is 0 Å². The van der Waals surface area contributed by atoms with Gasteiger partial charge in [-0.15, -0.1) is 0 Å². The first-order valence-electron chi connectivity index (χ1n) is 3.21. The van der Waals surface area contributed by atoms with Gasteiger partial charge in [0.25, 0.3) is 0 Å². The van der Waals surface area contributed by atoms with Gasteiger partial charge in [-0.3, -0.25) is 4.68 Å². The first kappa shape index (κ1) is 9.05. The van der Waals surface area contributed by atoms with Gasteiger partial charge in [-0.05, 0) is 6.07 Å². The van der Waals surface area contributed by atoms with Crippen molar-refractivity contribution in [1.82, 2.24) is 9.78 Å². The third-order valence-electron chi connectivity index (χ3n) is 1.20. The maximum absolute atomic E-state index is 11.7. The molecule has 1 aromatic heterocycles. The molecule has 3 nitrogen and oxygen atoms in total. The number of rotatable bonds is 2. The van der Waals surface area contributed by atoms with Crippen molar-refractivity contribution in [2.75, 3.05) is 0 Å². The van der Waals surface area contributed by atoms with Gasteiger partial charge in [-0.25, -0.2) is 0 Å². The number of halogens is 3. The molecule has 0 saturated carbocycles. The summed E-state index contributed by atoms with van der Waals surface area (Å²) < 4.78 is 35.9. The highest BCUT2D eigenvalue weighted by atomic mass is 19.4. The van der Waals surface area contributed by atoms with E-state index in [2.05, 4.69) is 5.10 Å². The largest absolute Gasteiger partial charge is 0.408 e. The summed E-state index contributed by atoms with van der Waals surface area (Å²) >= 11 is 0. The highest BCUT2D eigenvalue weighted by molar-refractivity contribution is 4.96. The molecule has 0 atom stereocenters. The third kappa shape index (κ3) is 2.54. The molecular weight excluding hydrogens is 173 g/mol. The first-order valence-corrected chi connectivity index (χ1v) is 3.21. The lowest BCUT2D eigenvalue weighted by Crippen LogP contribution is -2.18. The summed E-state index contributed by atoms with van der Waals surface area (Å²) in [6, 6.07) is 1.34. The Balaban J connectivity index is 2.64. The van der Waals surface area contributed by atoms with Crippen LogP contribution in [0.25, 0.3) is 0 Å². The van der Waals surface area contributed by atoms with Crippen molar-refractivity contribution in [3.05, 3.63) is 18.0 Å². The second kappa shape index (κ2) is 3.14. The van der Waals surface area contributed by atoms with Gasteiger partial charge in [0, 0.05) is 6.20 Å². The van der Waals surface area contributed by atoms with Gasteiger partial charge in [0.2, 0.25) is 0 Å². The summed E-state index contributed by atoms with van der Waals surface area (Å²) in [5, 5.41) is 12.0. The van der Waals surface area contributed by atoms with E-state index in [9.17, 15) is 13.2 Å². The molecule has 12 heavy (non-hydrogen) atoms. The van der Waals surface area contributed by atoms with Crippen LogP contribution in [0.2, 0.25) is 0 Å². The lowest BCUT2D eigenvalue weighted by atomic mass is 10.5. The minimum atomic E-state index is -4.27. The van der Waals surface area contributed by atoms with Crippen LogP contribution in [0.3, 0.4) is 0 Å². The predicted molar refractivity (Wildman–Crippen MR) is 34.2 cm³/mol. The van der Waals surface area contributed by atoms with Crippen LogP contribution in [0.1, 0.15) is 5.69 Å². The van der Waals surface area contributed by atoms with Gasteiger partial charge < -0.3 is 5.11 Å². The Bertz CT molecular complexity index is 256. The molecule has 1 heterocycles. The molecule has 0 aliphatic carbocycles. The van der Waals surface area contributed by atoms with E-state index in [1.165, 1.54) is 12.3 Å². The quantitative estimate of drug-likeness (QED) is 0.735. The smallest absolute Gasteiger partial charge is 0.390 e. The van der Waals surface area contributed by atoms with Gasteiger partial charge in [0.05, 0.1) is 12.3 Å². The molecule has 0 unspecified atom stereocenters. The molecule has 1 rings (SSSR count). The zero-order chi connectivity index (χ0) is 9.19. The van der Waals surface area contributed by atoms with Crippen molar-refractivity contribution in [2.45, 2.75) is 19.3 Å². The Hall–Kier alpha value is -1.04. The van der Waals surface area contributed by atoms with Crippen molar-refractivity contribution in [3.63, 3.8) is 0 Å². The fourth-order valence-corrected chi connectivity index (χ4v) is 0.760. The number of aromatic nitrogens is 2. The molecule has 0 aromatic carbocycles. The van der Waals surface area contributed by atoms with Crippen molar-refractivity contribution < 1.29 is 18.3 Å². The van der Waals surface area contributed by atoms with E-state index in [1.807, 2.05) is 0 Å². The minimum Gasteiger partial charge on any atom is -0.390 e. The Morgan fingerprint density at radius 2 is 2.17 bits per heavy atom. The zero-order valence-corrected chi connectivity index (χ0v) is 6.04. The lowest BCUT2D eigenvalue weighted by Gasteiger charge is -2.04. The summed E-state index contributed by atoms with van der Waals surface area (Å²) in [5.74, 6) is 0. The molecule has 68 valence electrons. The fourth-order valence-electron chi connectivity index (χ4n) is 0.760. The monoisotopic (exact) mass is 180 g/mol. The highest BCUT2D eigenvalue weighted by Crippen LogP contribution is 2.16. The van der Waals surface area contributed by atoms with Crippen LogP contribution < -0.4 is 0 Å². The van der Waals surface area contributed by atoms with Crippen molar-refractivity contribution >= 4 is 0 Å². The number of alkyl halides is 3. The average molecular weight is 180 g/mol. The van der Waals surface area contributed by atoms with Crippen LogP contribution in [0.4, 0.5) is 13.2 Å². The van der Waals surface area contributed by atoms with E-state index < -0.39 is 12.7 Å². The molecule has 1 N–H and O–H groups in total. The molecule has 0 radical (unpaired) electrons. The van der Waals surface area contributed by atoms with E-state index in [0.29, 0.717) is 0 Å². The first-order chi connectivity index (χ1) is 5.51. The zero-order valence-electron chi connectivity index (χ0n) is 6.04. The summed E-state index contributed by atoms with van der Waals surface area (Å²) in [5.41, 5.74) is 0.235. The molecule has 0 bridgehead atoms. The van der Waals surface area contributed by atoms with Crippen LogP contribution >= 0.6 is 0 Å². The Morgan fingerprint density at radius 1 is 1.50 bits per heavy atom. The SMILES string of the molecule is OCc1ccn(CC(F)(F)F)n1. The topological polar surface area (TPSA) is 38.0 Å². The summed E-state index contributed by atoms with van der Waals surface area (Å²) in [7, 11) is 0. The van der Waals surface area contributed by atoms with E-state index in [0.717, 1.165) is 4.68 Å². The Morgan fingerprint density at radius 3 is 2.58 bits per heavy atom. The number of nitrogens with zero attached hydrogens (tertiary/aromatic N) is 2. The molecule has 0 aliphatic heterocycles. The van der Waals surface area contributed by atoms with E-state index in [-0.39, 0.29) is 12.3 Å². The lowest BCUT2D eigenvalue weighted by molar-refractivity contribution is -0.142. The predicted octanol–water partition coefficient (Wildman–Crippen LogP) is 0.938. The highest BCUT2D eigenvalue weighted by Gasteiger charge is 2.28.